The highest BCUT2D eigenvalue weighted by atomic mass is 35.5. The molecule has 1 aliphatic rings. The van der Waals surface area contributed by atoms with Gasteiger partial charge in [0.05, 0.1) is 0 Å². The molecule has 0 aliphatic heterocycles. The standard InChI is InChI=1S/C7H15N.C6H6ClN/c1-8-7-5-3-2-4-6-7;7-5-2-1-3-6(8)4-5/h7-8H,2-6H2,1H3;1-4H,8H2. The van der Waals surface area contributed by atoms with E-state index in [1.807, 2.05) is 6.07 Å². The van der Waals surface area contributed by atoms with Crippen molar-refractivity contribution in [3.05, 3.63) is 29.3 Å². The predicted molar refractivity (Wildman–Crippen MR) is 71.8 cm³/mol. The molecular formula is C13H21ClN2. The Kier molecular flexibility index (Phi) is 6.27. The monoisotopic (exact) mass is 240 g/mol. The summed E-state index contributed by atoms with van der Waals surface area (Å²) in [5.74, 6) is 0. The van der Waals surface area contributed by atoms with E-state index in [-0.39, 0.29) is 0 Å². The van der Waals surface area contributed by atoms with Gasteiger partial charge in [0.15, 0.2) is 0 Å². The van der Waals surface area contributed by atoms with E-state index in [0.29, 0.717) is 10.7 Å². The molecule has 0 unspecified atom stereocenters. The topological polar surface area (TPSA) is 38.0 Å². The summed E-state index contributed by atoms with van der Waals surface area (Å²) in [6.45, 7) is 0. The highest BCUT2D eigenvalue weighted by Gasteiger charge is 2.09. The van der Waals surface area contributed by atoms with Crippen molar-refractivity contribution in [2.24, 2.45) is 0 Å². The van der Waals surface area contributed by atoms with Gasteiger partial charge in [-0.1, -0.05) is 36.9 Å². The SMILES string of the molecule is CNC1CCCCC1.Nc1cccc(Cl)c1. The van der Waals surface area contributed by atoms with Crippen LogP contribution in [0.2, 0.25) is 5.02 Å². The van der Waals surface area contributed by atoms with Crippen LogP contribution in [0.15, 0.2) is 24.3 Å². The summed E-state index contributed by atoms with van der Waals surface area (Å²) in [6.07, 6.45) is 7.13. The molecule has 0 saturated heterocycles. The molecule has 0 amide bonds. The van der Waals surface area contributed by atoms with Crippen LogP contribution in [-0.4, -0.2) is 13.1 Å². The molecule has 3 heteroatoms. The zero-order valence-corrected chi connectivity index (χ0v) is 10.6. The highest BCUT2D eigenvalue weighted by Crippen LogP contribution is 2.16. The van der Waals surface area contributed by atoms with Gasteiger partial charge in [-0.05, 0) is 38.1 Å². The molecule has 0 atom stereocenters. The fraction of sp³-hybridized carbons (Fsp3) is 0.538. The molecule has 1 saturated carbocycles. The van der Waals surface area contributed by atoms with Crippen molar-refractivity contribution in [2.75, 3.05) is 12.8 Å². The molecule has 90 valence electrons. The van der Waals surface area contributed by atoms with E-state index in [0.717, 1.165) is 6.04 Å². The lowest BCUT2D eigenvalue weighted by atomic mass is 9.96. The van der Waals surface area contributed by atoms with Gasteiger partial charge in [0, 0.05) is 16.8 Å². The van der Waals surface area contributed by atoms with Crippen LogP contribution in [0, 0.1) is 0 Å². The summed E-state index contributed by atoms with van der Waals surface area (Å²) < 4.78 is 0. The Balaban J connectivity index is 0.000000160. The van der Waals surface area contributed by atoms with E-state index < -0.39 is 0 Å². The molecule has 0 spiro atoms. The Morgan fingerprint density at radius 2 is 1.94 bits per heavy atom. The summed E-state index contributed by atoms with van der Waals surface area (Å²) in [5, 5.41) is 3.99. The van der Waals surface area contributed by atoms with Crippen LogP contribution in [-0.2, 0) is 0 Å². The minimum Gasteiger partial charge on any atom is -0.399 e. The Hall–Kier alpha value is -0.730. The maximum atomic E-state index is 5.56. The van der Waals surface area contributed by atoms with Gasteiger partial charge in [0.2, 0.25) is 0 Å². The quantitative estimate of drug-likeness (QED) is 0.738. The summed E-state index contributed by atoms with van der Waals surface area (Å²) in [5.41, 5.74) is 6.08. The molecule has 0 bridgehead atoms. The number of halogens is 1. The van der Waals surface area contributed by atoms with Crippen LogP contribution >= 0.6 is 11.6 Å². The van der Waals surface area contributed by atoms with E-state index in [4.69, 9.17) is 17.3 Å². The van der Waals surface area contributed by atoms with Crippen LogP contribution in [0.4, 0.5) is 5.69 Å². The van der Waals surface area contributed by atoms with Crippen molar-refractivity contribution in [3.63, 3.8) is 0 Å². The molecular weight excluding hydrogens is 220 g/mol. The Morgan fingerprint density at radius 1 is 1.25 bits per heavy atom. The maximum absolute atomic E-state index is 5.56. The average Bonchev–Trinajstić information content (AvgIpc) is 2.31. The lowest BCUT2D eigenvalue weighted by Gasteiger charge is -2.20. The van der Waals surface area contributed by atoms with Gasteiger partial charge in [-0.2, -0.15) is 0 Å². The van der Waals surface area contributed by atoms with Crippen molar-refractivity contribution < 1.29 is 0 Å². The number of nitrogens with one attached hydrogen (secondary N) is 1. The fourth-order valence-electron chi connectivity index (χ4n) is 1.90. The van der Waals surface area contributed by atoms with Gasteiger partial charge >= 0.3 is 0 Å². The zero-order valence-electron chi connectivity index (χ0n) is 9.88. The van der Waals surface area contributed by atoms with E-state index in [1.165, 1.54) is 32.1 Å². The molecule has 3 N–H and O–H groups in total. The lowest BCUT2D eigenvalue weighted by molar-refractivity contribution is 0.394. The van der Waals surface area contributed by atoms with Gasteiger partial charge < -0.3 is 11.1 Å². The van der Waals surface area contributed by atoms with E-state index in [2.05, 4.69) is 12.4 Å². The molecule has 1 aromatic rings. The zero-order chi connectivity index (χ0) is 11.8. The Bertz CT molecular complexity index is 278. The number of nitrogens with two attached hydrogens (primary N) is 1. The number of hydrogen-bond acceptors (Lipinski definition) is 2. The second kappa shape index (κ2) is 7.53. The third-order valence-electron chi connectivity index (χ3n) is 2.86. The molecule has 16 heavy (non-hydrogen) atoms. The number of benzene rings is 1. The first-order chi connectivity index (χ1) is 7.72. The van der Waals surface area contributed by atoms with Gasteiger partial charge in [-0.3, -0.25) is 0 Å². The fourth-order valence-corrected chi connectivity index (χ4v) is 2.10. The van der Waals surface area contributed by atoms with E-state index in [1.54, 1.807) is 18.2 Å². The Labute approximate surface area is 103 Å². The number of rotatable bonds is 1. The summed E-state index contributed by atoms with van der Waals surface area (Å²) in [7, 11) is 2.07. The number of hydrogen-bond donors (Lipinski definition) is 2. The third kappa shape index (κ3) is 5.38. The van der Waals surface area contributed by atoms with Gasteiger partial charge in [0.1, 0.15) is 0 Å². The normalized spacial score (nSPS) is 16.4. The molecule has 2 nitrogen and oxygen atoms in total. The first-order valence-corrected chi connectivity index (χ1v) is 6.28. The molecule has 1 aliphatic carbocycles. The lowest BCUT2D eigenvalue weighted by Crippen LogP contribution is -2.26. The maximum Gasteiger partial charge on any atom is 0.0426 e. The first-order valence-electron chi connectivity index (χ1n) is 5.90. The molecule has 2 rings (SSSR count). The predicted octanol–water partition coefficient (Wildman–Crippen LogP) is 3.46. The van der Waals surface area contributed by atoms with Gasteiger partial charge in [-0.15, -0.1) is 0 Å². The molecule has 1 aromatic carbocycles. The van der Waals surface area contributed by atoms with Crippen LogP contribution < -0.4 is 11.1 Å². The van der Waals surface area contributed by atoms with Crippen molar-refractivity contribution >= 4 is 17.3 Å². The molecule has 0 aromatic heterocycles. The van der Waals surface area contributed by atoms with Gasteiger partial charge in [0.25, 0.3) is 0 Å². The minimum atomic E-state index is 0.685. The summed E-state index contributed by atoms with van der Waals surface area (Å²) >= 11 is 5.56. The summed E-state index contributed by atoms with van der Waals surface area (Å²) in [6, 6.07) is 7.95. The molecule has 1 fully saturated rings. The smallest absolute Gasteiger partial charge is 0.0426 e. The van der Waals surface area contributed by atoms with Crippen LogP contribution in [0.1, 0.15) is 32.1 Å². The Morgan fingerprint density at radius 3 is 2.31 bits per heavy atom. The largest absolute Gasteiger partial charge is 0.399 e. The van der Waals surface area contributed by atoms with E-state index in [9.17, 15) is 0 Å². The third-order valence-corrected chi connectivity index (χ3v) is 3.10. The first kappa shape index (κ1) is 13.3. The van der Waals surface area contributed by atoms with Crippen molar-refractivity contribution in [1.29, 1.82) is 0 Å². The summed E-state index contributed by atoms with van der Waals surface area (Å²) in [4.78, 5) is 0. The second-order valence-electron chi connectivity index (χ2n) is 4.18. The second-order valence-corrected chi connectivity index (χ2v) is 4.62. The van der Waals surface area contributed by atoms with Crippen molar-refractivity contribution in [1.82, 2.24) is 5.32 Å². The minimum absolute atomic E-state index is 0.685. The van der Waals surface area contributed by atoms with Crippen molar-refractivity contribution in [2.45, 2.75) is 38.1 Å². The van der Waals surface area contributed by atoms with E-state index >= 15 is 0 Å². The number of nitrogen functional groups attached to an aromatic ring is 1. The van der Waals surface area contributed by atoms with Gasteiger partial charge in [-0.25, -0.2) is 0 Å². The van der Waals surface area contributed by atoms with Crippen LogP contribution in [0.5, 0.6) is 0 Å². The number of anilines is 1. The van der Waals surface area contributed by atoms with Crippen LogP contribution in [0.25, 0.3) is 0 Å². The molecule has 0 heterocycles. The van der Waals surface area contributed by atoms with Crippen molar-refractivity contribution in [3.8, 4) is 0 Å². The highest BCUT2D eigenvalue weighted by molar-refractivity contribution is 6.30. The average molecular weight is 241 g/mol. The molecule has 0 radical (unpaired) electrons. The van der Waals surface area contributed by atoms with Crippen LogP contribution in [0.3, 0.4) is 0 Å².